The molecule has 158 valence electrons. The highest BCUT2D eigenvalue weighted by atomic mass is 16.5. The summed E-state index contributed by atoms with van der Waals surface area (Å²) in [6, 6.07) is 10.7. The Balaban J connectivity index is 1.59. The van der Waals surface area contributed by atoms with E-state index in [2.05, 4.69) is 61.5 Å². The smallest absolute Gasteiger partial charge is 0.220 e. The first kappa shape index (κ1) is 21.6. The third-order valence-electron chi connectivity index (χ3n) is 6.41. The fourth-order valence-corrected chi connectivity index (χ4v) is 4.82. The molecule has 2 aromatic rings. The van der Waals surface area contributed by atoms with Crippen molar-refractivity contribution in [2.75, 3.05) is 13.2 Å². The van der Waals surface area contributed by atoms with E-state index in [0.717, 1.165) is 43.7 Å². The molecule has 0 aliphatic carbocycles. The zero-order valence-electron chi connectivity index (χ0n) is 18.5. The Labute approximate surface area is 174 Å². The van der Waals surface area contributed by atoms with Crippen LogP contribution >= 0.6 is 0 Å². The molecule has 0 bridgehead atoms. The fraction of sp³-hybridized carbons (Fsp3) is 0.583. The van der Waals surface area contributed by atoms with Gasteiger partial charge in [0.2, 0.25) is 5.91 Å². The molecule has 1 unspecified atom stereocenters. The maximum absolute atomic E-state index is 12.5. The van der Waals surface area contributed by atoms with E-state index in [0.29, 0.717) is 13.0 Å². The van der Waals surface area contributed by atoms with Gasteiger partial charge in [-0.15, -0.1) is 0 Å². The quantitative estimate of drug-likeness (QED) is 0.768. The van der Waals surface area contributed by atoms with Crippen molar-refractivity contribution in [1.82, 2.24) is 15.1 Å². The van der Waals surface area contributed by atoms with Crippen LogP contribution in [-0.4, -0.2) is 34.4 Å². The third kappa shape index (κ3) is 5.08. The summed E-state index contributed by atoms with van der Waals surface area (Å²) in [7, 11) is 1.95. The standard InChI is InChI=1S/C24H35N3O2/c1-18-21(19(2)27(5)26-18)11-12-22(28)25-15-13-24(20-9-7-6-8-10-20)14-16-29-23(3,4)17-24/h6-10H,11-17H2,1-5H3,(H,25,28). The van der Waals surface area contributed by atoms with Crippen LogP contribution in [0.15, 0.2) is 30.3 Å². The summed E-state index contributed by atoms with van der Waals surface area (Å²) in [6.07, 6.45) is 4.13. The molecule has 0 spiro atoms. The first-order valence-corrected chi connectivity index (χ1v) is 10.7. The number of aromatic nitrogens is 2. The molecule has 3 rings (SSSR count). The van der Waals surface area contributed by atoms with E-state index in [9.17, 15) is 4.79 Å². The molecule has 1 aromatic heterocycles. The van der Waals surface area contributed by atoms with Crippen molar-refractivity contribution in [3.63, 3.8) is 0 Å². The van der Waals surface area contributed by atoms with Gasteiger partial charge in [-0.3, -0.25) is 9.48 Å². The lowest BCUT2D eigenvalue weighted by Crippen LogP contribution is -2.45. The molecule has 1 N–H and O–H groups in total. The second-order valence-electron chi connectivity index (χ2n) is 9.05. The number of nitrogens with one attached hydrogen (secondary N) is 1. The predicted molar refractivity (Wildman–Crippen MR) is 116 cm³/mol. The normalized spacial score (nSPS) is 21.1. The molecule has 1 aliphatic rings. The fourth-order valence-electron chi connectivity index (χ4n) is 4.82. The first-order chi connectivity index (χ1) is 13.7. The lowest BCUT2D eigenvalue weighted by molar-refractivity contribution is -0.121. The van der Waals surface area contributed by atoms with Gasteiger partial charge in [0, 0.05) is 37.7 Å². The molecule has 5 heteroatoms. The number of hydrogen-bond donors (Lipinski definition) is 1. The molecule has 5 nitrogen and oxygen atoms in total. The number of amides is 1. The van der Waals surface area contributed by atoms with Crippen LogP contribution in [-0.2, 0) is 28.4 Å². The molecular formula is C24H35N3O2. The van der Waals surface area contributed by atoms with Gasteiger partial charge in [0.05, 0.1) is 11.3 Å². The summed E-state index contributed by atoms with van der Waals surface area (Å²) < 4.78 is 7.87. The van der Waals surface area contributed by atoms with Gasteiger partial charge in [0.15, 0.2) is 0 Å². The molecule has 1 amide bonds. The van der Waals surface area contributed by atoms with Gasteiger partial charge in [-0.05, 0) is 64.5 Å². The number of carbonyl (C=O) groups excluding carboxylic acids is 1. The molecule has 2 heterocycles. The number of nitrogens with zero attached hydrogens (tertiary/aromatic N) is 2. The van der Waals surface area contributed by atoms with Gasteiger partial charge in [-0.2, -0.15) is 5.10 Å². The lowest BCUT2D eigenvalue weighted by atomic mass is 9.67. The molecule has 1 atom stereocenters. The van der Waals surface area contributed by atoms with Gasteiger partial charge in [0.1, 0.15) is 0 Å². The maximum atomic E-state index is 12.5. The Morgan fingerprint density at radius 3 is 2.59 bits per heavy atom. The molecule has 1 aliphatic heterocycles. The summed E-state index contributed by atoms with van der Waals surface area (Å²) in [5.41, 5.74) is 4.61. The summed E-state index contributed by atoms with van der Waals surface area (Å²) in [4.78, 5) is 12.5. The Morgan fingerprint density at radius 1 is 1.24 bits per heavy atom. The van der Waals surface area contributed by atoms with Crippen molar-refractivity contribution >= 4 is 5.91 Å². The minimum Gasteiger partial charge on any atom is -0.376 e. The van der Waals surface area contributed by atoms with Crippen LogP contribution in [0.25, 0.3) is 0 Å². The molecular weight excluding hydrogens is 362 g/mol. The summed E-state index contributed by atoms with van der Waals surface area (Å²) >= 11 is 0. The van der Waals surface area contributed by atoms with E-state index in [4.69, 9.17) is 4.74 Å². The van der Waals surface area contributed by atoms with Crippen LogP contribution in [0.1, 0.15) is 62.0 Å². The predicted octanol–water partition coefficient (Wildman–Crippen LogP) is 4.00. The Bertz CT molecular complexity index is 841. The largest absolute Gasteiger partial charge is 0.376 e. The summed E-state index contributed by atoms with van der Waals surface area (Å²) in [5.74, 6) is 0.113. The molecule has 1 aromatic carbocycles. The van der Waals surface area contributed by atoms with Crippen LogP contribution in [0.4, 0.5) is 0 Å². The average Bonchev–Trinajstić information content (AvgIpc) is 2.91. The highest BCUT2D eigenvalue weighted by Crippen LogP contribution is 2.43. The first-order valence-electron chi connectivity index (χ1n) is 10.7. The second-order valence-corrected chi connectivity index (χ2v) is 9.05. The third-order valence-corrected chi connectivity index (χ3v) is 6.41. The van der Waals surface area contributed by atoms with Crippen molar-refractivity contribution in [1.29, 1.82) is 0 Å². The van der Waals surface area contributed by atoms with Gasteiger partial charge in [-0.25, -0.2) is 0 Å². The zero-order valence-corrected chi connectivity index (χ0v) is 18.5. The zero-order chi connectivity index (χ0) is 21.1. The highest BCUT2D eigenvalue weighted by Gasteiger charge is 2.41. The molecule has 0 saturated carbocycles. The van der Waals surface area contributed by atoms with Crippen molar-refractivity contribution in [2.24, 2.45) is 7.05 Å². The highest BCUT2D eigenvalue weighted by molar-refractivity contribution is 5.76. The number of hydrogen-bond acceptors (Lipinski definition) is 3. The second kappa shape index (κ2) is 8.70. The van der Waals surface area contributed by atoms with Crippen LogP contribution in [0.3, 0.4) is 0 Å². The number of benzene rings is 1. The summed E-state index contributed by atoms with van der Waals surface area (Å²) in [5, 5.41) is 7.60. The van der Waals surface area contributed by atoms with E-state index in [-0.39, 0.29) is 16.9 Å². The SMILES string of the molecule is Cc1nn(C)c(C)c1CCC(=O)NCCC1(c2ccccc2)CCOC(C)(C)C1. The van der Waals surface area contributed by atoms with Crippen LogP contribution < -0.4 is 5.32 Å². The topological polar surface area (TPSA) is 56.2 Å². The van der Waals surface area contributed by atoms with E-state index in [1.54, 1.807) is 0 Å². The Morgan fingerprint density at radius 2 is 1.97 bits per heavy atom. The van der Waals surface area contributed by atoms with Crippen molar-refractivity contribution in [3.8, 4) is 0 Å². The van der Waals surface area contributed by atoms with Gasteiger partial charge >= 0.3 is 0 Å². The lowest BCUT2D eigenvalue weighted by Gasteiger charge is -2.45. The van der Waals surface area contributed by atoms with E-state index in [1.807, 2.05) is 18.7 Å². The summed E-state index contributed by atoms with van der Waals surface area (Å²) in [6.45, 7) is 9.85. The van der Waals surface area contributed by atoms with Crippen molar-refractivity contribution in [3.05, 3.63) is 52.8 Å². The Kier molecular flexibility index (Phi) is 6.47. The minimum atomic E-state index is -0.145. The monoisotopic (exact) mass is 397 g/mol. The van der Waals surface area contributed by atoms with Crippen molar-refractivity contribution < 1.29 is 9.53 Å². The number of ether oxygens (including phenoxy) is 1. The van der Waals surface area contributed by atoms with Crippen molar-refractivity contribution in [2.45, 2.75) is 70.8 Å². The number of rotatable bonds is 7. The molecule has 29 heavy (non-hydrogen) atoms. The van der Waals surface area contributed by atoms with Gasteiger partial charge < -0.3 is 10.1 Å². The maximum Gasteiger partial charge on any atom is 0.220 e. The Hall–Kier alpha value is -2.14. The minimum absolute atomic E-state index is 0.0484. The number of carbonyl (C=O) groups is 1. The van der Waals surface area contributed by atoms with Crippen LogP contribution in [0.5, 0.6) is 0 Å². The molecule has 1 fully saturated rings. The van der Waals surface area contributed by atoms with Gasteiger partial charge in [-0.1, -0.05) is 30.3 Å². The van der Waals surface area contributed by atoms with Gasteiger partial charge in [0.25, 0.3) is 0 Å². The molecule has 1 saturated heterocycles. The van der Waals surface area contributed by atoms with E-state index in [1.165, 1.54) is 11.1 Å². The van der Waals surface area contributed by atoms with E-state index < -0.39 is 0 Å². The van der Waals surface area contributed by atoms with Crippen LogP contribution in [0, 0.1) is 13.8 Å². The van der Waals surface area contributed by atoms with E-state index >= 15 is 0 Å². The molecule has 0 radical (unpaired) electrons. The average molecular weight is 398 g/mol. The van der Waals surface area contributed by atoms with Crippen LogP contribution in [0.2, 0.25) is 0 Å². The number of aryl methyl sites for hydroxylation is 2.